The molecule has 0 bridgehead atoms. The number of hydrogen-bond acceptors (Lipinski definition) is 10. The molecular formula is C38H47N2NaO10S2. The number of carbonyl (C=O) groups is 2. The molecule has 0 aliphatic carbocycles. The molecule has 2 aliphatic heterocycles. The average molecular weight is 779 g/mol. The third-order valence-electron chi connectivity index (χ3n) is 9.73. The van der Waals surface area contributed by atoms with Gasteiger partial charge in [0.05, 0.1) is 22.4 Å². The maximum Gasteiger partial charge on any atom is 1.00 e. The van der Waals surface area contributed by atoms with Gasteiger partial charge in [-0.1, -0.05) is 38.0 Å². The van der Waals surface area contributed by atoms with Crippen LogP contribution in [0.25, 0.3) is 0 Å². The van der Waals surface area contributed by atoms with Gasteiger partial charge in [0.2, 0.25) is 5.69 Å². The van der Waals surface area contributed by atoms with Crippen LogP contribution in [0.3, 0.4) is 0 Å². The first-order valence-corrected chi connectivity index (χ1v) is 19.4. The van der Waals surface area contributed by atoms with Gasteiger partial charge in [0, 0.05) is 65.2 Å². The second-order valence-electron chi connectivity index (χ2n) is 14.2. The maximum absolute atomic E-state index is 11.9. The van der Waals surface area contributed by atoms with E-state index in [0.29, 0.717) is 37.2 Å². The van der Waals surface area contributed by atoms with E-state index in [2.05, 4.69) is 38.8 Å². The normalized spacial score (nSPS) is 17.0. The summed E-state index contributed by atoms with van der Waals surface area (Å²) >= 11 is 0.835. The van der Waals surface area contributed by atoms with Crippen LogP contribution in [0.2, 0.25) is 0 Å². The molecule has 2 N–H and O–H groups in total. The standard InChI is InChI=1S/C38H48N2O10S2.Na/c1-26(14-20-33-37(2,3)29-24-27(51-50-49-45)16-18-31(29)39(33)22-10-6-8-12-35(41)42)15-21-34-38(4,5)30-25-28(52(46,47)48)17-19-32(30)40(34)23-11-7-9-13-36(43)44;/h14-21,24-25H,6-13,22-23H2,1-5H3,(H3-,41,42,43,44,45,46,47,48);/q;+1/p-1. The van der Waals surface area contributed by atoms with Crippen molar-refractivity contribution in [2.45, 2.75) is 107 Å². The van der Waals surface area contributed by atoms with Crippen molar-refractivity contribution in [1.29, 1.82) is 0 Å². The largest absolute Gasteiger partial charge is 1.00 e. The van der Waals surface area contributed by atoms with E-state index in [9.17, 15) is 27.8 Å². The molecule has 282 valence electrons. The van der Waals surface area contributed by atoms with Gasteiger partial charge in [0.15, 0.2) is 5.71 Å². The van der Waals surface area contributed by atoms with Crippen molar-refractivity contribution in [3.05, 3.63) is 83.1 Å². The van der Waals surface area contributed by atoms with E-state index in [0.717, 1.165) is 70.8 Å². The number of anilines is 1. The first-order valence-electron chi connectivity index (χ1n) is 17.3. The minimum absolute atomic E-state index is 0. The van der Waals surface area contributed by atoms with E-state index in [1.165, 1.54) is 12.1 Å². The molecule has 15 heteroatoms. The molecule has 0 radical (unpaired) electrons. The minimum Gasteiger partial charge on any atom is -0.744 e. The number of allylic oxidation sites excluding steroid dienone is 6. The Morgan fingerprint density at radius 1 is 0.925 bits per heavy atom. The summed E-state index contributed by atoms with van der Waals surface area (Å²) < 4.78 is 42.6. The molecule has 2 aromatic carbocycles. The van der Waals surface area contributed by atoms with Crippen LogP contribution in [0, 0.1) is 0 Å². The molecule has 0 unspecified atom stereocenters. The average Bonchev–Trinajstić information content (AvgIpc) is 3.41. The van der Waals surface area contributed by atoms with Gasteiger partial charge in [-0.15, -0.1) is 0 Å². The second-order valence-corrected chi connectivity index (χ2v) is 16.3. The van der Waals surface area contributed by atoms with Crippen LogP contribution in [-0.2, 0) is 39.9 Å². The van der Waals surface area contributed by atoms with E-state index in [-0.39, 0.29) is 47.3 Å². The smallest absolute Gasteiger partial charge is 0.744 e. The van der Waals surface area contributed by atoms with E-state index in [4.69, 9.17) is 10.2 Å². The Bertz CT molecular complexity index is 1900. The van der Waals surface area contributed by atoms with Crippen LogP contribution >= 0.6 is 12.0 Å². The maximum atomic E-state index is 11.9. The van der Waals surface area contributed by atoms with Crippen molar-refractivity contribution in [2.24, 2.45) is 0 Å². The SMILES string of the molecule is CC(/C=C/C1=[N+](CCCCCC(=O)O)c2ccc(SOO[O-])cc2C1(C)C)=C\C=C1\N(CCCCCC(=O)O)c2ccc(S(=O)(=O)[O-])cc2C1(C)C.[Na+]. The predicted molar refractivity (Wildman–Crippen MR) is 195 cm³/mol. The molecule has 0 saturated heterocycles. The number of fused-ring (bicyclic) bond motifs is 2. The van der Waals surface area contributed by atoms with Crippen LogP contribution < -0.4 is 39.7 Å². The summed E-state index contributed by atoms with van der Waals surface area (Å²) in [7, 11) is -4.66. The van der Waals surface area contributed by atoms with Crippen LogP contribution in [0.5, 0.6) is 0 Å². The Labute approximate surface area is 338 Å². The van der Waals surface area contributed by atoms with E-state index >= 15 is 0 Å². The van der Waals surface area contributed by atoms with Gasteiger partial charge in [0.25, 0.3) is 0 Å². The third kappa shape index (κ3) is 11.1. The molecule has 0 amide bonds. The van der Waals surface area contributed by atoms with Gasteiger partial charge < -0.3 is 24.9 Å². The number of carboxylic acids is 2. The van der Waals surface area contributed by atoms with Gasteiger partial charge in [0.1, 0.15) is 16.7 Å². The van der Waals surface area contributed by atoms with Crippen molar-refractivity contribution in [3.8, 4) is 0 Å². The first-order chi connectivity index (χ1) is 24.5. The number of unbranched alkanes of at least 4 members (excludes halogenated alkanes) is 4. The third-order valence-corrected chi connectivity index (χ3v) is 11.1. The zero-order valence-electron chi connectivity index (χ0n) is 31.2. The quantitative estimate of drug-likeness (QED) is 0.0310. The Hall–Kier alpha value is -2.79. The Kier molecular flexibility index (Phi) is 16.1. The van der Waals surface area contributed by atoms with E-state index in [1.54, 1.807) is 6.07 Å². The number of aliphatic carboxylic acids is 2. The minimum atomic E-state index is -4.66. The van der Waals surface area contributed by atoms with Crippen LogP contribution in [0.15, 0.2) is 81.8 Å². The number of nitrogens with zero attached hydrogens (tertiary/aromatic N) is 2. The molecule has 2 aromatic rings. The van der Waals surface area contributed by atoms with Gasteiger partial charge in [-0.3, -0.25) is 14.6 Å². The molecule has 0 atom stereocenters. The van der Waals surface area contributed by atoms with Crippen LogP contribution in [0.1, 0.15) is 97.1 Å². The van der Waals surface area contributed by atoms with E-state index in [1.807, 2.05) is 57.2 Å². The predicted octanol–water partition coefficient (Wildman–Crippen LogP) is 3.68. The fourth-order valence-corrected chi connectivity index (χ4v) is 7.87. The summed E-state index contributed by atoms with van der Waals surface area (Å²) in [6, 6.07) is 10.3. The van der Waals surface area contributed by atoms with Gasteiger partial charge in [-0.2, -0.15) is 8.91 Å². The first kappa shape index (κ1) is 44.6. The van der Waals surface area contributed by atoms with Gasteiger partial charge >= 0.3 is 41.5 Å². The molecule has 53 heavy (non-hydrogen) atoms. The van der Waals surface area contributed by atoms with Crippen molar-refractivity contribution in [1.82, 2.24) is 0 Å². The number of rotatable bonds is 19. The number of carboxylic acid groups (broad SMARTS) is 2. The zero-order chi connectivity index (χ0) is 38.3. The summed E-state index contributed by atoms with van der Waals surface area (Å²) in [6.07, 6.45) is 12.5. The molecule has 12 nitrogen and oxygen atoms in total. The molecule has 4 rings (SSSR count). The molecule has 2 heterocycles. The molecule has 0 aromatic heterocycles. The summed E-state index contributed by atoms with van der Waals surface area (Å²) in [4.78, 5) is 24.6. The fourth-order valence-electron chi connectivity index (χ4n) is 6.97. The summed E-state index contributed by atoms with van der Waals surface area (Å²) in [5.41, 5.74) is 5.47. The monoisotopic (exact) mass is 778 g/mol. The summed E-state index contributed by atoms with van der Waals surface area (Å²) in [5.74, 6) is -1.64. The van der Waals surface area contributed by atoms with Gasteiger partial charge in [-0.25, -0.2) is 8.42 Å². The molecule has 0 saturated carbocycles. The molecule has 2 aliphatic rings. The molecule has 0 spiro atoms. The van der Waals surface area contributed by atoms with Gasteiger partial charge in [-0.05, 0) is 88.4 Å². The summed E-state index contributed by atoms with van der Waals surface area (Å²) in [5, 5.41) is 32.1. The van der Waals surface area contributed by atoms with Crippen molar-refractivity contribution >= 4 is 51.2 Å². The van der Waals surface area contributed by atoms with Crippen molar-refractivity contribution in [3.63, 3.8) is 0 Å². The second kappa shape index (κ2) is 19.2. The molecule has 0 fully saturated rings. The zero-order valence-corrected chi connectivity index (χ0v) is 34.8. The van der Waals surface area contributed by atoms with Crippen molar-refractivity contribution in [2.75, 3.05) is 18.0 Å². The molecular weight excluding hydrogens is 732 g/mol. The fraction of sp³-hybridized carbons (Fsp3) is 0.447. The Balaban J connectivity index is 0.00000756. The Morgan fingerprint density at radius 2 is 1.58 bits per heavy atom. The van der Waals surface area contributed by atoms with E-state index < -0.39 is 32.9 Å². The summed E-state index contributed by atoms with van der Waals surface area (Å²) in [6.45, 7) is 11.5. The van der Waals surface area contributed by atoms with Crippen LogP contribution in [-0.4, -0.2) is 58.5 Å². The topological polar surface area (TPSA) is 180 Å². The Morgan fingerprint density at radius 3 is 2.21 bits per heavy atom. The van der Waals surface area contributed by atoms with Crippen LogP contribution in [0.4, 0.5) is 11.4 Å². The number of hydrogen-bond donors (Lipinski definition) is 2. The number of benzene rings is 2. The van der Waals surface area contributed by atoms with Crippen molar-refractivity contribution < 1.29 is 81.5 Å².